The summed E-state index contributed by atoms with van der Waals surface area (Å²) in [5, 5.41) is 2.99. The molecule has 2 saturated heterocycles. The van der Waals surface area contributed by atoms with Gasteiger partial charge in [-0.3, -0.25) is 19.7 Å². The third-order valence-corrected chi connectivity index (χ3v) is 8.15. The third kappa shape index (κ3) is 4.23. The highest BCUT2D eigenvalue weighted by molar-refractivity contribution is 7.89. The van der Waals surface area contributed by atoms with Crippen LogP contribution in [0.1, 0.15) is 25.0 Å². The molecule has 160 valence electrons. The molecule has 0 bridgehead atoms. The molecule has 2 fully saturated rings. The summed E-state index contributed by atoms with van der Waals surface area (Å²) in [7, 11) is -1.55. The van der Waals surface area contributed by atoms with E-state index in [1.807, 2.05) is 25.2 Å². The van der Waals surface area contributed by atoms with Crippen LogP contribution in [0.25, 0.3) is 0 Å². The minimum absolute atomic E-state index is 0.00504. The number of pyridine rings is 2. The van der Waals surface area contributed by atoms with Gasteiger partial charge in [0.1, 0.15) is 4.90 Å². The topological polar surface area (TPSA) is 95.5 Å². The summed E-state index contributed by atoms with van der Waals surface area (Å²) in [6.07, 6.45) is 6.92. The summed E-state index contributed by atoms with van der Waals surface area (Å²) >= 11 is 0. The first-order valence-corrected chi connectivity index (χ1v) is 11.6. The average molecular weight is 430 g/mol. The fraction of sp³-hybridized carbons (Fsp3) is 0.476. The summed E-state index contributed by atoms with van der Waals surface area (Å²) in [5.74, 6) is 0.00504. The van der Waals surface area contributed by atoms with E-state index < -0.39 is 10.0 Å². The van der Waals surface area contributed by atoms with Crippen molar-refractivity contribution < 1.29 is 13.2 Å². The van der Waals surface area contributed by atoms with Gasteiger partial charge in [0.05, 0.1) is 18.3 Å². The predicted molar refractivity (Wildman–Crippen MR) is 112 cm³/mol. The van der Waals surface area contributed by atoms with E-state index in [9.17, 15) is 13.2 Å². The van der Waals surface area contributed by atoms with E-state index >= 15 is 0 Å². The first-order valence-electron chi connectivity index (χ1n) is 10.2. The monoisotopic (exact) mass is 429 g/mol. The van der Waals surface area contributed by atoms with Crippen LogP contribution in [0, 0.1) is 5.41 Å². The molecule has 9 heteroatoms. The van der Waals surface area contributed by atoms with Crippen molar-refractivity contribution in [3.63, 3.8) is 0 Å². The Morgan fingerprint density at radius 2 is 2.00 bits per heavy atom. The number of likely N-dealkylation sites (N-methyl/N-ethyl adjacent to an activating group) is 1. The maximum atomic E-state index is 12.9. The lowest BCUT2D eigenvalue weighted by molar-refractivity contribution is -0.125. The number of aromatic nitrogens is 2. The normalized spacial score (nSPS) is 22.2. The zero-order valence-electron chi connectivity index (χ0n) is 17.1. The number of rotatable bonds is 5. The molecule has 2 aliphatic heterocycles. The van der Waals surface area contributed by atoms with E-state index in [0.29, 0.717) is 19.6 Å². The highest BCUT2D eigenvalue weighted by Gasteiger charge is 2.47. The second kappa shape index (κ2) is 8.41. The fourth-order valence-electron chi connectivity index (χ4n) is 4.57. The van der Waals surface area contributed by atoms with Crippen molar-refractivity contribution in [2.45, 2.75) is 36.7 Å². The van der Waals surface area contributed by atoms with E-state index in [4.69, 9.17) is 0 Å². The summed E-state index contributed by atoms with van der Waals surface area (Å²) in [5.41, 5.74) is 0.804. The number of amides is 1. The Balaban J connectivity index is 1.36. The second-order valence-electron chi connectivity index (χ2n) is 8.27. The Hall–Kier alpha value is -2.36. The van der Waals surface area contributed by atoms with Crippen LogP contribution < -0.4 is 5.32 Å². The maximum Gasteiger partial charge on any atom is 0.244 e. The first-order chi connectivity index (χ1) is 14.4. The Bertz CT molecular complexity index is 976. The summed E-state index contributed by atoms with van der Waals surface area (Å²) in [6, 6.07) is 8.66. The zero-order valence-corrected chi connectivity index (χ0v) is 17.9. The van der Waals surface area contributed by atoms with Crippen molar-refractivity contribution in [3.8, 4) is 0 Å². The molecule has 8 nitrogen and oxygen atoms in total. The summed E-state index contributed by atoms with van der Waals surface area (Å²) in [4.78, 5) is 23.3. The number of piperidine rings is 1. The number of carbonyl (C=O) groups excluding carboxylic acids is 1. The Kier molecular flexibility index (Phi) is 5.86. The number of sulfonamides is 1. The fourth-order valence-corrected chi connectivity index (χ4v) is 5.98. The number of nitrogens with zero attached hydrogens (tertiary/aromatic N) is 4. The van der Waals surface area contributed by atoms with Crippen LogP contribution in [0.3, 0.4) is 0 Å². The molecule has 0 aromatic carbocycles. The van der Waals surface area contributed by atoms with Crippen molar-refractivity contribution >= 4 is 15.9 Å². The highest BCUT2D eigenvalue weighted by Crippen LogP contribution is 2.43. The Morgan fingerprint density at radius 1 is 1.20 bits per heavy atom. The van der Waals surface area contributed by atoms with Crippen LogP contribution >= 0.6 is 0 Å². The smallest absolute Gasteiger partial charge is 0.244 e. The van der Waals surface area contributed by atoms with Gasteiger partial charge in [0.25, 0.3) is 0 Å². The van der Waals surface area contributed by atoms with E-state index in [0.717, 1.165) is 31.5 Å². The molecule has 2 aromatic rings. The van der Waals surface area contributed by atoms with Gasteiger partial charge < -0.3 is 5.32 Å². The molecule has 4 heterocycles. The first kappa shape index (κ1) is 20.9. The largest absolute Gasteiger partial charge is 0.349 e. The molecule has 1 N–H and O–H groups in total. The Labute approximate surface area is 177 Å². The molecule has 0 saturated carbocycles. The van der Waals surface area contributed by atoms with Crippen LogP contribution in [-0.4, -0.2) is 66.2 Å². The molecular weight excluding hydrogens is 402 g/mol. The van der Waals surface area contributed by atoms with Crippen molar-refractivity contribution in [2.75, 3.05) is 26.7 Å². The minimum Gasteiger partial charge on any atom is -0.349 e. The average Bonchev–Trinajstić information content (AvgIpc) is 3.09. The molecule has 1 spiro atoms. The van der Waals surface area contributed by atoms with Crippen LogP contribution in [0.5, 0.6) is 0 Å². The van der Waals surface area contributed by atoms with Gasteiger partial charge in [0.2, 0.25) is 15.9 Å². The third-order valence-electron chi connectivity index (χ3n) is 6.27. The molecule has 1 atom stereocenters. The zero-order chi connectivity index (χ0) is 21.2. The van der Waals surface area contributed by atoms with Gasteiger partial charge in [-0.1, -0.05) is 6.07 Å². The van der Waals surface area contributed by atoms with Gasteiger partial charge in [-0.15, -0.1) is 0 Å². The van der Waals surface area contributed by atoms with Crippen LogP contribution in [0.4, 0.5) is 0 Å². The van der Waals surface area contributed by atoms with E-state index in [-0.39, 0.29) is 22.3 Å². The number of nitrogens with one attached hydrogen (secondary N) is 1. The maximum absolute atomic E-state index is 12.9. The molecule has 2 aromatic heterocycles. The van der Waals surface area contributed by atoms with Gasteiger partial charge in [-0.05, 0) is 56.0 Å². The van der Waals surface area contributed by atoms with Crippen molar-refractivity contribution in [1.29, 1.82) is 0 Å². The lowest BCUT2D eigenvalue weighted by Gasteiger charge is -2.38. The van der Waals surface area contributed by atoms with Gasteiger partial charge >= 0.3 is 0 Å². The molecule has 0 aliphatic carbocycles. The van der Waals surface area contributed by atoms with Crippen LogP contribution in [0.2, 0.25) is 0 Å². The van der Waals surface area contributed by atoms with Crippen LogP contribution in [0.15, 0.2) is 53.8 Å². The number of hydrogen-bond donors (Lipinski definition) is 1. The standard InChI is InChI=1S/C21H27N5O3S/c1-25-16-21(13-19(25)20(27)24-14-17-5-2-3-10-23-17)7-11-26(12-8-21)30(28,29)18-6-4-9-22-15-18/h2-6,9-10,15,19H,7-8,11-14,16H2,1H3,(H,24,27). The lowest BCUT2D eigenvalue weighted by atomic mass is 9.77. The summed E-state index contributed by atoms with van der Waals surface area (Å²) in [6.45, 7) is 2.14. The summed E-state index contributed by atoms with van der Waals surface area (Å²) < 4.78 is 27.3. The highest BCUT2D eigenvalue weighted by atomic mass is 32.2. The minimum atomic E-state index is -3.52. The van der Waals surface area contributed by atoms with E-state index in [1.54, 1.807) is 28.8 Å². The van der Waals surface area contributed by atoms with Crippen molar-refractivity contribution in [3.05, 3.63) is 54.6 Å². The predicted octanol–water partition coefficient (Wildman–Crippen LogP) is 1.27. The Morgan fingerprint density at radius 3 is 2.67 bits per heavy atom. The van der Waals surface area contributed by atoms with Crippen molar-refractivity contribution in [1.82, 2.24) is 24.5 Å². The molecule has 0 radical (unpaired) electrons. The number of hydrogen-bond acceptors (Lipinski definition) is 6. The molecule has 30 heavy (non-hydrogen) atoms. The molecule has 1 amide bonds. The van der Waals surface area contributed by atoms with E-state index in [2.05, 4.69) is 20.2 Å². The second-order valence-corrected chi connectivity index (χ2v) is 10.2. The molecule has 2 aliphatic rings. The number of carbonyl (C=O) groups is 1. The number of likely N-dealkylation sites (tertiary alicyclic amines) is 1. The quantitative estimate of drug-likeness (QED) is 0.769. The lowest BCUT2D eigenvalue weighted by Crippen LogP contribution is -2.44. The van der Waals surface area contributed by atoms with Gasteiger partial charge in [0.15, 0.2) is 0 Å². The van der Waals surface area contributed by atoms with Gasteiger partial charge in [0, 0.05) is 38.2 Å². The van der Waals surface area contributed by atoms with Gasteiger partial charge in [-0.25, -0.2) is 8.42 Å². The molecule has 4 rings (SSSR count). The van der Waals surface area contributed by atoms with Crippen LogP contribution in [-0.2, 0) is 21.4 Å². The van der Waals surface area contributed by atoms with E-state index in [1.165, 1.54) is 6.20 Å². The molecule has 1 unspecified atom stereocenters. The van der Waals surface area contributed by atoms with Gasteiger partial charge in [-0.2, -0.15) is 4.31 Å². The SMILES string of the molecule is CN1CC2(CCN(S(=O)(=O)c3cccnc3)CC2)CC1C(=O)NCc1ccccn1. The molecular formula is C21H27N5O3S. The van der Waals surface area contributed by atoms with Crippen molar-refractivity contribution in [2.24, 2.45) is 5.41 Å².